The molecule has 6 heteroatoms. The molecule has 0 radical (unpaired) electrons. The molecule has 1 rings (SSSR count). The van der Waals surface area contributed by atoms with Crippen molar-refractivity contribution in [3.05, 3.63) is 29.6 Å². The van der Waals surface area contributed by atoms with Crippen LogP contribution < -0.4 is 11.5 Å². The molecule has 74 valence electrons. The first-order valence-electron chi connectivity index (χ1n) is 3.19. The molecule has 4 nitrogen and oxygen atoms in total. The van der Waals surface area contributed by atoms with Crippen molar-refractivity contribution in [3.8, 4) is 0 Å². The molecule has 1 amide bonds. The molecule has 0 aliphatic heterocycles. The highest BCUT2D eigenvalue weighted by Crippen LogP contribution is 1.99. The Morgan fingerprint density at radius 3 is 2.54 bits per heavy atom. The lowest BCUT2D eigenvalue weighted by atomic mass is 10.2. The first-order valence-corrected chi connectivity index (χ1v) is 3.19. The Balaban J connectivity index is 0. The van der Waals surface area contributed by atoms with Crippen molar-refractivity contribution in [2.24, 2.45) is 11.5 Å². The van der Waals surface area contributed by atoms with Crippen LogP contribution in [0.5, 0.6) is 0 Å². The van der Waals surface area contributed by atoms with Crippen LogP contribution in [0.2, 0.25) is 0 Å². The molecule has 0 saturated carbocycles. The molecular weight excluding hydrogens is 213 g/mol. The van der Waals surface area contributed by atoms with Gasteiger partial charge in [0.25, 0.3) is 5.91 Å². The van der Waals surface area contributed by atoms with E-state index in [0.29, 0.717) is 6.54 Å². The van der Waals surface area contributed by atoms with Crippen molar-refractivity contribution in [1.29, 1.82) is 0 Å². The SMILES string of the molecule is Cl.Cl.NCc1ccnc(C(N)=O)c1. The van der Waals surface area contributed by atoms with Crippen LogP contribution >= 0.6 is 24.8 Å². The summed E-state index contributed by atoms with van der Waals surface area (Å²) in [7, 11) is 0. The zero-order valence-corrected chi connectivity index (χ0v) is 8.40. The molecule has 0 aliphatic carbocycles. The van der Waals surface area contributed by atoms with Gasteiger partial charge in [-0.05, 0) is 17.7 Å². The van der Waals surface area contributed by atoms with E-state index in [4.69, 9.17) is 11.5 Å². The second-order valence-corrected chi connectivity index (χ2v) is 2.12. The number of rotatable bonds is 2. The van der Waals surface area contributed by atoms with Crippen LogP contribution in [0.25, 0.3) is 0 Å². The molecule has 1 heterocycles. The van der Waals surface area contributed by atoms with Gasteiger partial charge >= 0.3 is 0 Å². The molecule has 0 aliphatic rings. The van der Waals surface area contributed by atoms with Gasteiger partial charge < -0.3 is 11.5 Å². The lowest BCUT2D eigenvalue weighted by Crippen LogP contribution is -2.13. The van der Waals surface area contributed by atoms with Crippen LogP contribution in [0, 0.1) is 0 Å². The number of halogens is 2. The van der Waals surface area contributed by atoms with Gasteiger partial charge in [-0.1, -0.05) is 0 Å². The van der Waals surface area contributed by atoms with Crippen molar-refractivity contribution in [3.63, 3.8) is 0 Å². The van der Waals surface area contributed by atoms with Crippen LogP contribution in [0.3, 0.4) is 0 Å². The maximum absolute atomic E-state index is 10.6. The second kappa shape index (κ2) is 6.65. The third kappa shape index (κ3) is 4.07. The van der Waals surface area contributed by atoms with Crippen LogP contribution in [0.15, 0.2) is 18.3 Å². The smallest absolute Gasteiger partial charge is 0.267 e. The van der Waals surface area contributed by atoms with E-state index in [1.165, 1.54) is 6.20 Å². The van der Waals surface area contributed by atoms with E-state index < -0.39 is 5.91 Å². The molecule has 0 bridgehead atoms. The number of aromatic nitrogens is 1. The number of amides is 1. The molecule has 4 N–H and O–H groups in total. The molecule has 0 unspecified atom stereocenters. The fourth-order valence-corrected chi connectivity index (χ4v) is 0.736. The molecule has 0 atom stereocenters. The summed E-state index contributed by atoms with van der Waals surface area (Å²) in [5, 5.41) is 0. The minimum absolute atomic E-state index is 0. The Bertz CT molecular complexity index is 280. The number of carbonyl (C=O) groups is 1. The van der Waals surface area contributed by atoms with Crippen LogP contribution in [-0.2, 0) is 6.54 Å². The quantitative estimate of drug-likeness (QED) is 0.766. The van der Waals surface area contributed by atoms with E-state index in [0.717, 1.165) is 5.56 Å². The van der Waals surface area contributed by atoms with Gasteiger partial charge in [-0.25, -0.2) is 0 Å². The first-order chi connectivity index (χ1) is 5.24. The van der Waals surface area contributed by atoms with Crippen molar-refractivity contribution in [2.45, 2.75) is 6.54 Å². The summed E-state index contributed by atoms with van der Waals surface area (Å²) in [6.07, 6.45) is 1.52. The normalized spacial score (nSPS) is 8.08. The highest BCUT2D eigenvalue weighted by molar-refractivity contribution is 5.90. The first kappa shape index (κ1) is 14.7. The Kier molecular flexibility index (Phi) is 7.51. The number of hydrogen-bond donors (Lipinski definition) is 2. The Morgan fingerprint density at radius 2 is 2.08 bits per heavy atom. The summed E-state index contributed by atoms with van der Waals surface area (Å²) in [5.41, 5.74) is 11.4. The van der Waals surface area contributed by atoms with Gasteiger partial charge in [0.1, 0.15) is 5.69 Å². The molecule has 0 aromatic carbocycles. The highest BCUT2D eigenvalue weighted by Gasteiger charge is 2.00. The predicted octanol–water partition coefficient (Wildman–Crippen LogP) is 0.483. The van der Waals surface area contributed by atoms with Gasteiger partial charge in [-0.3, -0.25) is 9.78 Å². The van der Waals surface area contributed by atoms with Gasteiger partial charge in [0.15, 0.2) is 0 Å². The molecule has 0 spiro atoms. The Hall–Kier alpha value is -0.840. The predicted molar refractivity (Wildman–Crippen MR) is 55.1 cm³/mol. The number of nitrogens with zero attached hydrogens (tertiary/aromatic N) is 1. The monoisotopic (exact) mass is 223 g/mol. The zero-order valence-electron chi connectivity index (χ0n) is 6.77. The van der Waals surface area contributed by atoms with E-state index >= 15 is 0 Å². The van der Waals surface area contributed by atoms with E-state index in [1.807, 2.05) is 0 Å². The Labute approximate surface area is 88.5 Å². The third-order valence-electron chi connectivity index (χ3n) is 1.31. The lowest BCUT2D eigenvalue weighted by Gasteiger charge is -1.96. The second-order valence-electron chi connectivity index (χ2n) is 2.12. The largest absolute Gasteiger partial charge is 0.364 e. The minimum atomic E-state index is -0.528. The summed E-state index contributed by atoms with van der Waals surface area (Å²) >= 11 is 0. The lowest BCUT2D eigenvalue weighted by molar-refractivity contribution is 0.0995. The van der Waals surface area contributed by atoms with Crippen molar-refractivity contribution < 1.29 is 4.79 Å². The maximum atomic E-state index is 10.6. The average molecular weight is 224 g/mol. The van der Waals surface area contributed by atoms with Gasteiger partial charge in [0.2, 0.25) is 0 Å². The number of hydrogen-bond acceptors (Lipinski definition) is 3. The van der Waals surface area contributed by atoms with Gasteiger partial charge in [0, 0.05) is 12.7 Å². The van der Waals surface area contributed by atoms with Crippen LogP contribution in [-0.4, -0.2) is 10.9 Å². The van der Waals surface area contributed by atoms with Crippen molar-refractivity contribution >= 4 is 30.7 Å². The molecule has 1 aromatic rings. The molecule has 1 aromatic heterocycles. The standard InChI is InChI=1S/C7H9N3O.2ClH/c8-4-5-1-2-10-6(3-5)7(9)11;;/h1-3H,4,8H2,(H2,9,11);2*1H. The number of carbonyl (C=O) groups excluding carboxylic acids is 1. The Morgan fingerprint density at radius 1 is 1.46 bits per heavy atom. The third-order valence-corrected chi connectivity index (χ3v) is 1.31. The summed E-state index contributed by atoms with van der Waals surface area (Å²) < 4.78 is 0. The van der Waals surface area contributed by atoms with Crippen LogP contribution in [0.4, 0.5) is 0 Å². The molecule has 0 saturated heterocycles. The molecule has 13 heavy (non-hydrogen) atoms. The topological polar surface area (TPSA) is 82.0 Å². The summed E-state index contributed by atoms with van der Waals surface area (Å²) in [6.45, 7) is 0.392. The summed E-state index contributed by atoms with van der Waals surface area (Å²) in [5.74, 6) is -0.528. The summed E-state index contributed by atoms with van der Waals surface area (Å²) in [6, 6.07) is 3.33. The van der Waals surface area contributed by atoms with E-state index in [1.54, 1.807) is 12.1 Å². The average Bonchev–Trinajstić information content (AvgIpc) is 2.05. The fraction of sp³-hybridized carbons (Fsp3) is 0.143. The van der Waals surface area contributed by atoms with Gasteiger partial charge in [-0.2, -0.15) is 0 Å². The molecule has 0 fully saturated rings. The molecular formula is C7H11Cl2N3O. The number of nitrogens with two attached hydrogens (primary N) is 2. The minimum Gasteiger partial charge on any atom is -0.364 e. The summed E-state index contributed by atoms with van der Waals surface area (Å²) in [4.78, 5) is 14.3. The van der Waals surface area contributed by atoms with Crippen molar-refractivity contribution in [2.75, 3.05) is 0 Å². The highest BCUT2D eigenvalue weighted by atomic mass is 35.5. The van der Waals surface area contributed by atoms with Crippen molar-refractivity contribution in [1.82, 2.24) is 4.98 Å². The van der Waals surface area contributed by atoms with Gasteiger partial charge in [0.05, 0.1) is 0 Å². The van der Waals surface area contributed by atoms with E-state index in [9.17, 15) is 4.79 Å². The van der Waals surface area contributed by atoms with E-state index in [-0.39, 0.29) is 30.5 Å². The zero-order chi connectivity index (χ0) is 8.27. The van der Waals surface area contributed by atoms with E-state index in [2.05, 4.69) is 4.98 Å². The fourth-order valence-electron chi connectivity index (χ4n) is 0.736. The van der Waals surface area contributed by atoms with Crippen LogP contribution in [0.1, 0.15) is 16.1 Å². The number of primary amides is 1. The number of pyridine rings is 1. The van der Waals surface area contributed by atoms with Gasteiger partial charge in [-0.15, -0.1) is 24.8 Å². The maximum Gasteiger partial charge on any atom is 0.267 e.